The first-order valence-corrected chi connectivity index (χ1v) is 15.6. The molecule has 44 heavy (non-hydrogen) atoms. The number of anilines is 3. The van der Waals surface area contributed by atoms with Crippen molar-refractivity contribution in [3.8, 4) is 5.75 Å². The minimum Gasteiger partial charge on any atom is -0.507 e. The Morgan fingerprint density at radius 1 is 1.09 bits per heavy atom. The first kappa shape index (κ1) is 31.0. The van der Waals surface area contributed by atoms with Gasteiger partial charge in [-0.25, -0.2) is 0 Å². The number of carbonyl (C=O) groups is 2. The molecule has 2 heterocycles. The Labute approximate surface area is 259 Å². The summed E-state index contributed by atoms with van der Waals surface area (Å²) < 4.78 is 5.62. The summed E-state index contributed by atoms with van der Waals surface area (Å²) in [5.74, 6) is 0.744. The molecule has 0 bridgehead atoms. The highest BCUT2D eigenvalue weighted by molar-refractivity contribution is 6.07. The van der Waals surface area contributed by atoms with Gasteiger partial charge in [0.25, 0.3) is 11.8 Å². The fraction of sp³-hybridized carbons (Fsp3) is 0.441. The summed E-state index contributed by atoms with van der Waals surface area (Å²) in [7, 11) is 0. The summed E-state index contributed by atoms with van der Waals surface area (Å²) in [5, 5.41) is 24.8. The van der Waals surface area contributed by atoms with Gasteiger partial charge in [0, 0.05) is 75.5 Å². The van der Waals surface area contributed by atoms with Crippen LogP contribution >= 0.6 is 0 Å². The Morgan fingerprint density at radius 3 is 2.45 bits per heavy atom. The third-order valence-corrected chi connectivity index (χ3v) is 8.57. The number of hydrogen-bond acceptors (Lipinski definition) is 7. The number of aromatic hydroxyl groups is 1. The number of likely N-dealkylation sites (tertiary alicyclic amines) is 1. The Balaban J connectivity index is 1.30. The van der Waals surface area contributed by atoms with E-state index < -0.39 is 5.91 Å². The van der Waals surface area contributed by atoms with E-state index in [1.165, 1.54) is 17.5 Å². The molecule has 3 fully saturated rings. The summed E-state index contributed by atoms with van der Waals surface area (Å²) >= 11 is 0. The number of para-hydroxylation sites is 1. The van der Waals surface area contributed by atoms with Gasteiger partial charge in [0.1, 0.15) is 5.75 Å². The van der Waals surface area contributed by atoms with E-state index in [2.05, 4.69) is 46.1 Å². The van der Waals surface area contributed by atoms with Gasteiger partial charge in [0.05, 0.1) is 34.8 Å². The second-order valence-corrected chi connectivity index (χ2v) is 11.9. The quantitative estimate of drug-likeness (QED) is 0.117. The lowest BCUT2D eigenvalue weighted by atomic mass is 10.1. The smallest absolute Gasteiger partial charge is 0.255 e. The molecular formula is C34H44N6O4. The lowest BCUT2D eigenvalue weighted by Crippen LogP contribution is -2.47. The number of rotatable bonds is 12. The molecule has 5 rings (SSSR count). The van der Waals surface area contributed by atoms with Crippen LogP contribution in [0.25, 0.3) is 0 Å². The first-order chi connectivity index (χ1) is 21.2. The largest absolute Gasteiger partial charge is 0.507 e. The molecule has 1 saturated carbocycles. The van der Waals surface area contributed by atoms with Crippen molar-refractivity contribution in [1.82, 2.24) is 10.2 Å². The number of benzene rings is 2. The molecule has 0 spiro atoms. The van der Waals surface area contributed by atoms with Gasteiger partial charge in [-0.2, -0.15) is 0 Å². The fourth-order valence-corrected chi connectivity index (χ4v) is 5.71. The number of phenols is 1. The standard InChI is InChI=1S/C34H44N6O4/c1-23-8-4-5-9-29(23)38-16-18-39(19-17-38)30-21-31(41)27(34(43)36-13-7-15-40-14-6-10-32(40)35)20-28(30)37-33(42)24(2)22-44-25(3)26-11-12-26/h4-5,8-9,20-22,26,35,41H,3,6-7,10-19H2,1-2H3,(H,36,43)(H,37,42)/b24-22+,35-32?. The van der Waals surface area contributed by atoms with Crippen LogP contribution in [0.2, 0.25) is 0 Å². The van der Waals surface area contributed by atoms with Gasteiger partial charge in [-0.15, -0.1) is 0 Å². The number of piperazine rings is 1. The number of amidine groups is 1. The van der Waals surface area contributed by atoms with Crippen LogP contribution in [0, 0.1) is 18.3 Å². The third kappa shape index (κ3) is 7.53. The molecule has 0 aromatic heterocycles. The van der Waals surface area contributed by atoms with Crippen molar-refractivity contribution in [2.45, 2.75) is 46.0 Å². The van der Waals surface area contributed by atoms with Crippen molar-refractivity contribution in [1.29, 1.82) is 5.41 Å². The third-order valence-electron chi connectivity index (χ3n) is 8.57. The molecule has 1 aliphatic carbocycles. The highest BCUT2D eigenvalue weighted by atomic mass is 16.5. The van der Waals surface area contributed by atoms with Crippen molar-refractivity contribution in [3.05, 3.63) is 71.7 Å². The van der Waals surface area contributed by atoms with Crippen LogP contribution < -0.4 is 20.4 Å². The molecule has 2 aliphatic heterocycles. The molecule has 4 N–H and O–H groups in total. The van der Waals surface area contributed by atoms with E-state index in [0.29, 0.717) is 67.1 Å². The van der Waals surface area contributed by atoms with Gasteiger partial charge in [-0.1, -0.05) is 24.8 Å². The number of amides is 2. The molecule has 0 atom stereocenters. The number of hydrogen-bond donors (Lipinski definition) is 4. The van der Waals surface area contributed by atoms with Crippen LogP contribution in [-0.4, -0.2) is 73.5 Å². The van der Waals surface area contributed by atoms with Gasteiger partial charge in [0.15, 0.2) is 0 Å². The van der Waals surface area contributed by atoms with E-state index in [-0.39, 0.29) is 17.2 Å². The summed E-state index contributed by atoms with van der Waals surface area (Å²) in [6.07, 6.45) is 6.02. The van der Waals surface area contributed by atoms with Crippen molar-refractivity contribution >= 4 is 34.7 Å². The number of aryl methyl sites for hydroxylation is 1. The van der Waals surface area contributed by atoms with E-state index in [1.807, 2.05) is 17.0 Å². The number of phenolic OH excluding ortho intramolecular Hbond substituents is 1. The Morgan fingerprint density at radius 2 is 1.80 bits per heavy atom. The zero-order chi connectivity index (χ0) is 31.2. The van der Waals surface area contributed by atoms with Crippen LogP contribution in [0.4, 0.5) is 17.1 Å². The number of allylic oxidation sites excluding steroid dienone is 1. The number of nitrogens with one attached hydrogen (secondary N) is 3. The predicted molar refractivity (Wildman–Crippen MR) is 175 cm³/mol. The van der Waals surface area contributed by atoms with Crippen LogP contribution in [0.15, 0.2) is 60.6 Å². The number of nitrogens with zero attached hydrogens (tertiary/aromatic N) is 3. The van der Waals surface area contributed by atoms with Crippen LogP contribution in [0.1, 0.15) is 54.9 Å². The zero-order valence-electron chi connectivity index (χ0n) is 25.8. The summed E-state index contributed by atoms with van der Waals surface area (Å²) in [5.41, 5.74) is 3.98. The molecule has 2 aromatic carbocycles. The second-order valence-electron chi connectivity index (χ2n) is 11.9. The van der Waals surface area contributed by atoms with Gasteiger partial charge in [0.2, 0.25) is 0 Å². The topological polar surface area (TPSA) is 121 Å². The molecule has 2 amide bonds. The molecule has 3 aliphatic rings. The maximum absolute atomic E-state index is 13.2. The molecule has 0 unspecified atom stereocenters. The highest BCUT2D eigenvalue weighted by Gasteiger charge is 2.27. The van der Waals surface area contributed by atoms with Crippen molar-refractivity contribution in [2.24, 2.45) is 5.92 Å². The Bertz CT molecular complexity index is 1440. The van der Waals surface area contributed by atoms with Gasteiger partial charge in [-0.05, 0) is 57.2 Å². The Hall–Kier alpha value is -4.47. The number of ether oxygens (including phenoxy) is 1. The molecular weight excluding hydrogens is 556 g/mol. The van der Waals surface area contributed by atoms with Crippen LogP contribution in [0.3, 0.4) is 0 Å². The maximum atomic E-state index is 13.2. The summed E-state index contributed by atoms with van der Waals surface area (Å²) in [6.45, 7) is 12.6. The average Bonchev–Trinajstić information content (AvgIpc) is 3.80. The molecule has 10 heteroatoms. The lowest BCUT2D eigenvalue weighted by Gasteiger charge is -2.38. The minimum atomic E-state index is -0.415. The van der Waals surface area contributed by atoms with Crippen LogP contribution in [0.5, 0.6) is 5.75 Å². The van der Waals surface area contributed by atoms with Crippen molar-refractivity contribution in [3.63, 3.8) is 0 Å². The Kier molecular flexibility index (Phi) is 9.77. The average molecular weight is 601 g/mol. The highest BCUT2D eigenvalue weighted by Crippen LogP contribution is 2.37. The monoisotopic (exact) mass is 600 g/mol. The van der Waals surface area contributed by atoms with E-state index in [1.54, 1.807) is 19.1 Å². The van der Waals surface area contributed by atoms with E-state index in [0.717, 1.165) is 45.3 Å². The molecule has 0 radical (unpaired) electrons. The van der Waals surface area contributed by atoms with E-state index >= 15 is 0 Å². The molecule has 10 nitrogen and oxygen atoms in total. The molecule has 2 aromatic rings. The summed E-state index contributed by atoms with van der Waals surface area (Å²) in [4.78, 5) is 32.9. The minimum absolute atomic E-state index is 0.0940. The van der Waals surface area contributed by atoms with Gasteiger partial charge >= 0.3 is 0 Å². The maximum Gasteiger partial charge on any atom is 0.255 e. The molecule has 2 saturated heterocycles. The van der Waals surface area contributed by atoms with Crippen LogP contribution in [-0.2, 0) is 9.53 Å². The first-order valence-electron chi connectivity index (χ1n) is 15.6. The summed E-state index contributed by atoms with van der Waals surface area (Å²) in [6, 6.07) is 11.4. The SMILES string of the molecule is C=C(O/C=C(\C)C(=O)Nc1cc(C(=O)NCCCN2CCCC2=N)c(O)cc1N1CCN(c2ccccc2C)CC1)C1CC1. The number of carbonyl (C=O) groups excluding carboxylic acids is 2. The zero-order valence-corrected chi connectivity index (χ0v) is 25.8. The van der Waals surface area contributed by atoms with Gasteiger partial charge in [-0.3, -0.25) is 15.0 Å². The second kappa shape index (κ2) is 13.9. The molecule has 234 valence electrons. The van der Waals surface area contributed by atoms with Crippen molar-refractivity contribution < 1.29 is 19.4 Å². The van der Waals surface area contributed by atoms with E-state index in [4.69, 9.17) is 10.1 Å². The lowest BCUT2D eigenvalue weighted by molar-refractivity contribution is -0.112. The predicted octanol–water partition coefficient (Wildman–Crippen LogP) is 5.00. The normalized spacial score (nSPS) is 17.1. The van der Waals surface area contributed by atoms with E-state index in [9.17, 15) is 14.7 Å². The van der Waals surface area contributed by atoms with Gasteiger partial charge < -0.3 is 35.2 Å². The fourth-order valence-electron chi connectivity index (χ4n) is 5.71. The van der Waals surface area contributed by atoms with Crippen molar-refractivity contribution in [2.75, 3.05) is 60.9 Å².